The van der Waals surface area contributed by atoms with Gasteiger partial charge in [-0.05, 0) is 44.7 Å². The van der Waals surface area contributed by atoms with Crippen LogP contribution in [0.25, 0.3) is 78.3 Å². The largest absolute Gasteiger partial charge is 0.472 e. The van der Waals surface area contributed by atoms with E-state index < -0.39 is 5.60 Å². The lowest BCUT2D eigenvalue weighted by Gasteiger charge is -2.41. The molecular weight excluding hydrogens is 731 g/mol. The molecule has 0 aliphatic carbocycles. The van der Waals surface area contributed by atoms with E-state index in [4.69, 9.17) is 19.7 Å². The van der Waals surface area contributed by atoms with Crippen LogP contribution in [0.15, 0.2) is 224 Å². The molecule has 0 fully saturated rings. The van der Waals surface area contributed by atoms with Gasteiger partial charge in [-0.25, -0.2) is 15.0 Å². The van der Waals surface area contributed by atoms with E-state index in [1.807, 2.05) is 30.3 Å². The van der Waals surface area contributed by atoms with Crippen molar-refractivity contribution in [2.24, 2.45) is 0 Å². The first-order chi connectivity index (χ1) is 29.7. The fraction of sp³-hybridized carbons (Fsp3) is 0.0179. The van der Waals surface area contributed by atoms with Crippen molar-refractivity contribution in [2.45, 2.75) is 5.60 Å². The van der Waals surface area contributed by atoms with Gasteiger partial charge in [0.25, 0.3) is 0 Å². The van der Waals surface area contributed by atoms with Crippen molar-refractivity contribution in [2.75, 3.05) is 0 Å². The van der Waals surface area contributed by atoms with Crippen LogP contribution in [-0.2, 0) is 5.60 Å². The average molecular weight is 768 g/mol. The van der Waals surface area contributed by atoms with Gasteiger partial charge in [0.1, 0.15) is 5.75 Å². The first-order valence-corrected chi connectivity index (χ1v) is 20.3. The summed E-state index contributed by atoms with van der Waals surface area (Å²) < 4.78 is 7.31. The summed E-state index contributed by atoms with van der Waals surface area (Å²) in [5.74, 6) is 2.71. The number of aromatic nitrogens is 3. The van der Waals surface area contributed by atoms with E-state index in [1.165, 1.54) is 16.3 Å². The van der Waals surface area contributed by atoms with Crippen LogP contribution in [0.3, 0.4) is 0 Å². The van der Waals surface area contributed by atoms with Crippen molar-refractivity contribution in [3.05, 3.63) is 241 Å². The maximum Gasteiger partial charge on any atom is 0.185 e. The molecule has 0 unspecified atom stereocenters. The molecule has 0 bridgehead atoms. The molecular formula is C56H37N3O. The highest BCUT2D eigenvalue weighted by atomic mass is 16.5. The van der Waals surface area contributed by atoms with Crippen LogP contribution in [0.2, 0.25) is 0 Å². The first kappa shape index (κ1) is 35.2. The summed E-state index contributed by atoms with van der Waals surface area (Å²) in [5, 5.41) is 2.45. The van der Waals surface area contributed by atoms with Crippen LogP contribution in [0.4, 0.5) is 0 Å². The van der Waals surface area contributed by atoms with Crippen molar-refractivity contribution < 1.29 is 4.74 Å². The molecule has 2 heterocycles. The lowest BCUT2D eigenvalue weighted by atomic mass is 9.75. The van der Waals surface area contributed by atoms with Gasteiger partial charge in [0.15, 0.2) is 23.1 Å². The van der Waals surface area contributed by atoms with Gasteiger partial charge >= 0.3 is 0 Å². The Morgan fingerprint density at radius 2 is 0.783 bits per heavy atom. The van der Waals surface area contributed by atoms with Crippen LogP contribution in [0.5, 0.6) is 5.75 Å². The van der Waals surface area contributed by atoms with Crippen LogP contribution < -0.4 is 4.74 Å². The van der Waals surface area contributed by atoms with E-state index in [0.717, 1.165) is 66.9 Å². The lowest BCUT2D eigenvalue weighted by molar-refractivity contribution is 0.152. The molecule has 0 spiro atoms. The molecule has 11 rings (SSSR count). The zero-order valence-electron chi connectivity index (χ0n) is 32.6. The van der Waals surface area contributed by atoms with E-state index in [-0.39, 0.29) is 0 Å². The molecule has 0 saturated carbocycles. The molecule has 1 aliphatic heterocycles. The van der Waals surface area contributed by atoms with Gasteiger partial charge in [-0.2, -0.15) is 0 Å². The number of benzene rings is 9. The maximum absolute atomic E-state index is 7.31. The highest BCUT2D eigenvalue weighted by Gasteiger charge is 2.44. The van der Waals surface area contributed by atoms with E-state index >= 15 is 0 Å². The number of rotatable bonds is 7. The fourth-order valence-electron chi connectivity index (χ4n) is 8.63. The average Bonchev–Trinajstić information content (AvgIpc) is 3.34. The summed E-state index contributed by atoms with van der Waals surface area (Å²) in [4.78, 5) is 15.1. The second-order valence-corrected chi connectivity index (χ2v) is 15.1. The Hall–Kier alpha value is -7.95. The number of nitrogens with zero attached hydrogens (tertiary/aromatic N) is 3. The van der Waals surface area contributed by atoms with Crippen molar-refractivity contribution in [1.29, 1.82) is 0 Å². The minimum absolute atomic E-state index is 0.615. The Morgan fingerprint density at radius 1 is 0.317 bits per heavy atom. The Morgan fingerprint density at radius 3 is 1.43 bits per heavy atom. The molecule has 0 atom stereocenters. The number of hydrogen-bond acceptors (Lipinski definition) is 4. The molecule has 1 aliphatic rings. The Labute approximate surface area is 349 Å². The van der Waals surface area contributed by atoms with Gasteiger partial charge in [-0.1, -0.05) is 218 Å². The van der Waals surface area contributed by atoms with Gasteiger partial charge in [0.05, 0.1) is 0 Å². The van der Waals surface area contributed by atoms with E-state index in [1.54, 1.807) is 0 Å². The van der Waals surface area contributed by atoms with Gasteiger partial charge in [-0.3, -0.25) is 0 Å². The standard InChI is InChI=1S/C56H37N3O/c1-4-16-41(17-5-1)53-57-54(59-55(58-53)43-33-29-40(30-34-43)48-25-14-18-39-15-10-11-23-47(39)48)42-31-27-38(28-32-42)44-35-36-50-49-24-12-13-26-51(49)56(60-52(50)37-44,45-19-6-2-7-20-45)46-21-8-3-9-22-46/h1-37H. The minimum Gasteiger partial charge on any atom is -0.472 e. The lowest BCUT2D eigenvalue weighted by Crippen LogP contribution is -2.38. The van der Waals surface area contributed by atoms with Crippen LogP contribution in [-0.4, -0.2) is 15.0 Å². The fourth-order valence-corrected chi connectivity index (χ4v) is 8.63. The summed E-state index contributed by atoms with van der Waals surface area (Å²) in [5.41, 5.74) is 11.9. The molecule has 4 heteroatoms. The van der Waals surface area contributed by atoms with Crippen LogP contribution in [0, 0.1) is 0 Å². The summed E-state index contributed by atoms with van der Waals surface area (Å²) in [6.45, 7) is 0. The quantitative estimate of drug-likeness (QED) is 0.162. The summed E-state index contributed by atoms with van der Waals surface area (Å²) in [7, 11) is 0. The SMILES string of the molecule is c1ccc(-c2nc(-c3ccc(-c4ccc5c(c4)OC(c4ccccc4)(c4ccccc4)c4ccccc4-5)cc3)nc(-c3ccc(-c4cccc5ccccc45)cc3)n2)cc1. The summed E-state index contributed by atoms with van der Waals surface area (Å²) in [6.07, 6.45) is 0. The van der Waals surface area contributed by atoms with Crippen molar-refractivity contribution in [3.8, 4) is 73.3 Å². The minimum atomic E-state index is -0.822. The van der Waals surface area contributed by atoms with Crippen molar-refractivity contribution >= 4 is 10.8 Å². The molecule has 282 valence electrons. The molecule has 0 amide bonds. The van der Waals surface area contributed by atoms with Gasteiger partial charge in [0, 0.05) is 38.9 Å². The Balaban J connectivity index is 0.962. The molecule has 9 aromatic carbocycles. The maximum atomic E-state index is 7.31. The Kier molecular flexibility index (Phi) is 8.67. The predicted molar refractivity (Wildman–Crippen MR) is 243 cm³/mol. The Bertz CT molecular complexity index is 3100. The normalized spacial score (nSPS) is 12.6. The van der Waals surface area contributed by atoms with E-state index in [0.29, 0.717) is 17.5 Å². The monoisotopic (exact) mass is 767 g/mol. The molecule has 0 saturated heterocycles. The number of fused-ring (bicyclic) bond motifs is 4. The molecule has 60 heavy (non-hydrogen) atoms. The highest BCUT2D eigenvalue weighted by Crippen LogP contribution is 2.52. The zero-order chi connectivity index (χ0) is 39.9. The van der Waals surface area contributed by atoms with Crippen molar-refractivity contribution in [1.82, 2.24) is 15.0 Å². The predicted octanol–water partition coefficient (Wildman–Crippen LogP) is 13.7. The highest BCUT2D eigenvalue weighted by molar-refractivity contribution is 5.97. The number of hydrogen-bond donors (Lipinski definition) is 0. The molecule has 0 radical (unpaired) electrons. The van der Waals surface area contributed by atoms with Crippen LogP contribution >= 0.6 is 0 Å². The van der Waals surface area contributed by atoms with Gasteiger partial charge in [0.2, 0.25) is 0 Å². The van der Waals surface area contributed by atoms with E-state index in [2.05, 4.69) is 194 Å². The third-order valence-corrected chi connectivity index (χ3v) is 11.6. The topological polar surface area (TPSA) is 47.9 Å². The van der Waals surface area contributed by atoms with Gasteiger partial charge < -0.3 is 4.74 Å². The molecule has 1 aromatic heterocycles. The second-order valence-electron chi connectivity index (χ2n) is 15.1. The molecule has 0 N–H and O–H groups in total. The smallest absolute Gasteiger partial charge is 0.185 e. The third kappa shape index (κ3) is 6.14. The van der Waals surface area contributed by atoms with E-state index in [9.17, 15) is 0 Å². The third-order valence-electron chi connectivity index (χ3n) is 11.6. The summed E-state index contributed by atoms with van der Waals surface area (Å²) in [6, 6.07) is 78.3. The first-order valence-electron chi connectivity index (χ1n) is 20.3. The molecule has 4 nitrogen and oxygen atoms in total. The molecule has 10 aromatic rings. The van der Waals surface area contributed by atoms with Crippen molar-refractivity contribution in [3.63, 3.8) is 0 Å². The van der Waals surface area contributed by atoms with Crippen LogP contribution in [0.1, 0.15) is 16.7 Å². The second kappa shape index (κ2) is 14.8. The summed E-state index contributed by atoms with van der Waals surface area (Å²) >= 11 is 0. The zero-order valence-corrected chi connectivity index (χ0v) is 32.6. The number of ether oxygens (including phenoxy) is 1. The van der Waals surface area contributed by atoms with Gasteiger partial charge in [-0.15, -0.1) is 0 Å².